The van der Waals surface area contributed by atoms with Crippen molar-refractivity contribution in [3.05, 3.63) is 155 Å². The second-order valence-electron chi connectivity index (χ2n) is 10.0. The van der Waals surface area contributed by atoms with Crippen LogP contribution in [0.1, 0.15) is 27.8 Å². The number of hydrogen-bond acceptors (Lipinski definition) is 6. The summed E-state index contributed by atoms with van der Waals surface area (Å²) in [5.41, 5.74) is 4.14. The lowest BCUT2D eigenvalue weighted by molar-refractivity contribution is 0.156. The van der Waals surface area contributed by atoms with Crippen LogP contribution in [0, 0.1) is 0 Å². The molecule has 6 heteroatoms. The molecule has 0 aliphatic carbocycles. The third-order valence-corrected chi connectivity index (χ3v) is 7.45. The Balaban J connectivity index is 1.45. The molecule has 42 heavy (non-hydrogen) atoms. The Bertz CT molecular complexity index is 1590. The zero-order valence-corrected chi connectivity index (χ0v) is 23.6. The molecule has 0 saturated carbocycles. The van der Waals surface area contributed by atoms with E-state index in [4.69, 9.17) is 23.9 Å². The van der Waals surface area contributed by atoms with Crippen LogP contribution in [0.2, 0.25) is 0 Å². The van der Waals surface area contributed by atoms with Crippen molar-refractivity contribution >= 4 is 5.90 Å². The number of fused-ring (bicyclic) bond motifs is 1. The fraction of sp³-hybridized carbons (Fsp3) is 0.167. The molecule has 2 heterocycles. The van der Waals surface area contributed by atoms with Crippen molar-refractivity contribution in [1.29, 1.82) is 0 Å². The Morgan fingerprint density at radius 2 is 1.33 bits per heavy atom. The summed E-state index contributed by atoms with van der Waals surface area (Å²) in [4.78, 5) is 9.57. The minimum Gasteiger partial charge on any atom is -0.497 e. The SMILES string of the molecule is COc1ccc(C2(c3ccc(OC)cc3)OC(=N[C@H](COc3ccccn3)Cc3ccccc3)c3ccccc32)cc1. The Morgan fingerprint density at radius 3 is 1.95 bits per heavy atom. The minimum atomic E-state index is -0.924. The predicted molar refractivity (Wildman–Crippen MR) is 164 cm³/mol. The average Bonchev–Trinajstić information content (AvgIpc) is 3.39. The molecular formula is C36H32N2O4. The minimum absolute atomic E-state index is 0.222. The smallest absolute Gasteiger partial charge is 0.218 e. The first-order valence-corrected chi connectivity index (χ1v) is 13.9. The highest BCUT2D eigenvalue weighted by atomic mass is 16.5. The molecule has 1 aromatic heterocycles. The monoisotopic (exact) mass is 556 g/mol. The number of rotatable bonds is 10. The maximum Gasteiger partial charge on any atom is 0.218 e. The van der Waals surface area contributed by atoms with Crippen LogP contribution in [0.5, 0.6) is 17.4 Å². The molecule has 1 aliphatic rings. The summed E-state index contributed by atoms with van der Waals surface area (Å²) in [5.74, 6) is 2.69. The van der Waals surface area contributed by atoms with Gasteiger partial charge in [-0.2, -0.15) is 0 Å². The number of aliphatic imine (C=N–C) groups is 1. The van der Waals surface area contributed by atoms with E-state index in [0.29, 0.717) is 24.8 Å². The summed E-state index contributed by atoms with van der Waals surface area (Å²) in [5, 5.41) is 0. The van der Waals surface area contributed by atoms with Gasteiger partial charge in [0.2, 0.25) is 11.8 Å². The molecule has 5 aromatic rings. The normalized spacial score (nSPS) is 15.0. The molecule has 0 fully saturated rings. The molecule has 0 unspecified atom stereocenters. The van der Waals surface area contributed by atoms with Gasteiger partial charge in [-0.3, -0.25) is 0 Å². The number of aromatic nitrogens is 1. The van der Waals surface area contributed by atoms with Crippen molar-refractivity contribution in [2.75, 3.05) is 20.8 Å². The highest BCUT2D eigenvalue weighted by Crippen LogP contribution is 2.48. The first-order valence-electron chi connectivity index (χ1n) is 13.9. The third-order valence-electron chi connectivity index (χ3n) is 7.45. The molecule has 1 atom stereocenters. The van der Waals surface area contributed by atoms with Crippen molar-refractivity contribution in [2.45, 2.75) is 18.1 Å². The largest absolute Gasteiger partial charge is 0.497 e. The third kappa shape index (κ3) is 5.44. The van der Waals surface area contributed by atoms with E-state index in [9.17, 15) is 0 Å². The van der Waals surface area contributed by atoms with Crippen LogP contribution in [-0.4, -0.2) is 37.8 Å². The van der Waals surface area contributed by atoms with Crippen LogP contribution >= 0.6 is 0 Å². The number of methoxy groups -OCH3 is 2. The Labute approximate surface area is 246 Å². The van der Waals surface area contributed by atoms with E-state index in [1.807, 2.05) is 72.8 Å². The predicted octanol–water partition coefficient (Wildman–Crippen LogP) is 6.86. The highest BCUT2D eigenvalue weighted by Gasteiger charge is 2.47. The molecule has 6 nitrogen and oxygen atoms in total. The molecule has 0 saturated heterocycles. The molecule has 0 spiro atoms. The maximum atomic E-state index is 7.06. The lowest BCUT2D eigenvalue weighted by atomic mass is 9.80. The second kappa shape index (κ2) is 12.2. The number of ether oxygens (including phenoxy) is 4. The van der Waals surface area contributed by atoms with Crippen molar-refractivity contribution in [3.63, 3.8) is 0 Å². The van der Waals surface area contributed by atoms with Crippen LogP contribution in [0.15, 0.2) is 133 Å². The summed E-state index contributed by atoms with van der Waals surface area (Å²) in [7, 11) is 3.33. The van der Waals surface area contributed by atoms with Gasteiger partial charge >= 0.3 is 0 Å². The summed E-state index contributed by atoms with van der Waals surface area (Å²) >= 11 is 0. The number of pyridine rings is 1. The van der Waals surface area contributed by atoms with Crippen molar-refractivity contribution in [3.8, 4) is 17.4 Å². The van der Waals surface area contributed by atoms with E-state index in [0.717, 1.165) is 33.8 Å². The Morgan fingerprint density at radius 1 is 0.714 bits per heavy atom. The van der Waals surface area contributed by atoms with E-state index in [1.54, 1.807) is 20.4 Å². The van der Waals surface area contributed by atoms with Gasteiger partial charge in [-0.25, -0.2) is 9.98 Å². The van der Waals surface area contributed by atoms with Crippen LogP contribution < -0.4 is 14.2 Å². The van der Waals surface area contributed by atoms with Crippen LogP contribution in [-0.2, 0) is 16.8 Å². The van der Waals surface area contributed by atoms with E-state index in [-0.39, 0.29) is 6.04 Å². The van der Waals surface area contributed by atoms with Crippen LogP contribution in [0.4, 0.5) is 0 Å². The van der Waals surface area contributed by atoms with Crippen LogP contribution in [0.25, 0.3) is 0 Å². The Hall–Kier alpha value is -5.10. The van der Waals surface area contributed by atoms with Crippen molar-refractivity contribution < 1.29 is 18.9 Å². The molecule has 1 aliphatic heterocycles. The van der Waals surface area contributed by atoms with Crippen LogP contribution in [0.3, 0.4) is 0 Å². The van der Waals surface area contributed by atoms with Gasteiger partial charge in [0.05, 0.1) is 20.3 Å². The molecule has 0 amide bonds. The van der Waals surface area contributed by atoms with Crippen molar-refractivity contribution in [2.24, 2.45) is 4.99 Å². The number of benzene rings is 4. The summed E-state index contributed by atoms with van der Waals surface area (Å²) in [6, 6.07) is 40.0. The molecular weight excluding hydrogens is 524 g/mol. The standard InChI is InChI=1S/C36H32N2O4/c1-39-30-19-15-27(16-20-30)36(28-17-21-31(40-2)22-18-28)33-13-7-6-12-32(33)35(42-36)38-29(24-26-10-4-3-5-11-26)25-41-34-14-8-9-23-37-34/h3-23,29H,24-25H2,1-2H3/t29-/m0/s1. The van der Waals surface area contributed by atoms with Gasteiger partial charge in [0.1, 0.15) is 18.1 Å². The number of hydrogen-bond donors (Lipinski definition) is 0. The lowest BCUT2D eigenvalue weighted by Gasteiger charge is -2.31. The summed E-state index contributed by atoms with van der Waals surface area (Å²) in [6.07, 6.45) is 2.41. The zero-order chi connectivity index (χ0) is 28.8. The quantitative estimate of drug-likeness (QED) is 0.188. The van der Waals surface area contributed by atoms with Gasteiger partial charge in [0, 0.05) is 34.5 Å². The molecule has 6 rings (SSSR count). The topological polar surface area (TPSA) is 62.2 Å². The fourth-order valence-corrected chi connectivity index (χ4v) is 5.38. The first kappa shape index (κ1) is 27.1. The summed E-state index contributed by atoms with van der Waals surface area (Å²) in [6.45, 7) is 0.346. The maximum absolute atomic E-state index is 7.06. The van der Waals surface area contributed by atoms with E-state index < -0.39 is 5.60 Å². The molecule has 0 radical (unpaired) electrons. The van der Waals surface area contributed by atoms with Crippen molar-refractivity contribution in [1.82, 2.24) is 4.98 Å². The van der Waals surface area contributed by atoms with Gasteiger partial charge in [0.15, 0.2) is 5.60 Å². The van der Waals surface area contributed by atoms with E-state index in [2.05, 4.69) is 53.5 Å². The average molecular weight is 557 g/mol. The first-order chi connectivity index (χ1) is 20.7. The zero-order valence-electron chi connectivity index (χ0n) is 23.6. The molecule has 0 bridgehead atoms. The number of nitrogens with zero attached hydrogens (tertiary/aromatic N) is 2. The van der Waals surface area contributed by atoms with Gasteiger partial charge in [-0.15, -0.1) is 0 Å². The fourth-order valence-electron chi connectivity index (χ4n) is 5.38. The van der Waals surface area contributed by atoms with Gasteiger partial charge in [-0.1, -0.05) is 78.9 Å². The van der Waals surface area contributed by atoms with Gasteiger partial charge in [0.25, 0.3) is 0 Å². The molecule has 210 valence electrons. The summed E-state index contributed by atoms with van der Waals surface area (Å²) < 4.78 is 24.1. The van der Waals surface area contributed by atoms with E-state index in [1.165, 1.54) is 5.56 Å². The van der Waals surface area contributed by atoms with Gasteiger partial charge in [-0.05, 0) is 48.4 Å². The second-order valence-corrected chi connectivity index (χ2v) is 10.0. The molecule has 4 aromatic carbocycles. The molecule has 0 N–H and O–H groups in total. The highest BCUT2D eigenvalue weighted by molar-refractivity contribution is 6.00. The lowest BCUT2D eigenvalue weighted by Crippen LogP contribution is -2.30. The van der Waals surface area contributed by atoms with Gasteiger partial charge < -0.3 is 18.9 Å². The Kier molecular flexibility index (Phi) is 7.86. The van der Waals surface area contributed by atoms with E-state index >= 15 is 0 Å².